The molecule has 1 aliphatic rings. The molecule has 1 fully saturated rings. The largest absolute Gasteiger partial charge is 0.481 e. The number of carboxylic acid groups (broad SMARTS) is 1. The second-order valence-corrected chi connectivity index (χ2v) is 4.89. The number of amides is 2. The number of hydrogen-bond acceptors (Lipinski definition) is 3. The van der Waals surface area contributed by atoms with E-state index in [0.717, 1.165) is 0 Å². The van der Waals surface area contributed by atoms with E-state index >= 15 is 0 Å². The summed E-state index contributed by atoms with van der Waals surface area (Å²) in [4.78, 5) is 35.2. The van der Waals surface area contributed by atoms with Crippen LogP contribution in [0.25, 0.3) is 0 Å². The molecule has 0 radical (unpaired) electrons. The molecular formula is C12H20N2O4. The first kappa shape index (κ1) is 14.5. The third-order valence-electron chi connectivity index (χ3n) is 2.98. The van der Waals surface area contributed by atoms with Crippen LogP contribution in [0.4, 0.5) is 0 Å². The first-order valence-corrected chi connectivity index (χ1v) is 6.20. The Bertz CT molecular complexity index is 333. The predicted molar refractivity (Wildman–Crippen MR) is 64.8 cm³/mol. The summed E-state index contributed by atoms with van der Waals surface area (Å²) in [6.45, 7) is 4.97. The van der Waals surface area contributed by atoms with Crippen molar-refractivity contribution in [2.45, 2.75) is 39.2 Å². The molecule has 1 heterocycles. The number of nitrogens with zero attached hydrogens (tertiary/aromatic N) is 1. The molecule has 2 N–H and O–H groups in total. The lowest BCUT2D eigenvalue weighted by Gasteiger charge is -2.33. The molecule has 0 unspecified atom stereocenters. The molecule has 1 rings (SSSR count). The van der Waals surface area contributed by atoms with Crippen molar-refractivity contribution in [3.63, 3.8) is 0 Å². The van der Waals surface area contributed by atoms with Crippen molar-refractivity contribution in [2.75, 3.05) is 13.1 Å². The third-order valence-corrected chi connectivity index (χ3v) is 2.98. The zero-order valence-electron chi connectivity index (χ0n) is 10.8. The highest BCUT2D eigenvalue weighted by Crippen LogP contribution is 2.13. The predicted octanol–water partition coefficient (Wildman–Crippen LogP) is 0.224. The van der Waals surface area contributed by atoms with Crippen LogP contribution in [0.15, 0.2) is 0 Å². The number of hydrogen-bond donors (Lipinski definition) is 2. The van der Waals surface area contributed by atoms with Gasteiger partial charge in [0.05, 0.1) is 0 Å². The highest BCUT2D eigenvalue weighted by molar-refractivity contribution is 5.93. The lowest BCUT2D eigenvalue weighted by Crippen LogP contribution is -2.47. The Morgan fingerprint density at radius 2 is 1.83 bits per heavy atom. The van der Waals surface area contributed by atoms with Gasteiger partial charge in [-0.3, -0.25) is 14.4 Å². The Kier molecular flexibility index (Phi) is 5.12. The second-order valence-electron chi connectivity index (χ2n) is 4.89. The highest BCUT2D eigenvalue weighted by Gasteiger charge is 2.25. The van der Waals surface area contributed by atoms with E-state index in [0.29, 0.717) is 25.9 Å². The Hall–Kier alpha value is -1.59. The van der Waals surface area contributed by atoms with Crippen molar-refractivity contribution in [1.82, 2.24) is 10.2 Å². The summed E-state index contributed by atoms with van der Waals surface area (Å²) >= 11 is 0. The quantitative estimate of drug-likeness (QED) is 0.705. The molecule has 0 bridgehead atoms. The smallest absolute Gasteiger partial charge is 0.312 e. The number of carbonyl (C=O) groups excluding carboxylic acids is 2. The molecule has 6 nitrogen and oxygen atoms in total. The van der Waals surface area contributed by atoms with Crippen LogP contribution in [-0.2, 0) is 14.4 Å². The minimum atomic E-state index is -1.13. The molecule has 1 aliphatic heterocycles. The number of carbonyl (C=O) groups is 3. The van der Waals surface area contributed by atoms with Crippen LogP contribution in [0, 0.1) is 5.92 Å². The molecule has 0 spiro atoms. The maximum Gasteiger partial charge on any atom is 0.312 e. The maximum absolute atomic E-state index is 11.7. The standard InChI is InChI=1S/C12H20N2O4/c1-8(2)12(18)14-5-3-9(4-6-14)13-10(15)7-11(16)17/h8-9H,3-7H2,1-2H3,(H,13,15)(H,16,17). The number of nitrogens with one attached hydrogen (secondary N) is 1. The maximum atomic E-state index is 11.7. The van der Waals surface area contributed by atoms with Gasteiger partial charge in [0, 0.05) is 25.0 Å². The molecule has 0 aromatic heterocycles. The zero-order chi connectivity index (χ0) is 13.7. The van der Waals surface area contributed by atoms with Crippen LogP contribution in [0.1, 0.15) is 33.1 Å². The van der Waals surface area contributed by atoms with E-state index in [1.54, 1.807) is 4.90 Å². The highest BCUT2D eigenvalue weighted by atomic mass is 16.4. The average molecular weight is 256 g/mol. The number of rotatable bonds is 4. The monoisotopic (exact) mass is 256 g/mol. The van der Waals surface area contributed by atoms with E-state index in [9.17, 15) is 14.4 Å². The van der Waals surface area contributed by atoms with Crippen molar-refractivity contribution in [1.29, 1.82) is 0 Å². The van der Waals surface area contributed by atoms with Gasteiger partial charge >= 0.3 is 5.97 Å². The zero-order valence-corrected chi connectivity index (χ0v) is 10.8. The summed E-state index contributed by atoms with van der Waals surface area (Å²) in [5, 5.41) is 11.2. The molecule has 6 heteroatoms. The second kappa shape index (κ2) is 6.37. The van der Waals surface area contributed by atoms with E-state index in [1.807, 2.05) is 13.8 Å². The summed E-state index contributed by atoms with van der Waals surface area (Å²) < 4.78 is 0. The van der Waals surface area contributed by atoms with E-state index < -0.39 is 18.3 Å². The van der Waals surface area contributed by atoms with Crippen molar-refractivity contribution in [3.05, 3.63) is 0 Å². The van der Waals surface area contributed by atoms with E-state index in [4.69, 9.17) is 5.11 Å². The van der Waals surface area contributed by atoms with Crippen LogP contribution in [-0.4, -0.2) is 46.9 Å². The molecule has 0 saturated carbocycles. The molecule has 1 saturated heterocycles. The first-order chi connectivity index (χ1) is 8.40. The van der Waals surface area contributed by atoms with Gasteiger partial charge in [-0.25, -0.2) is 0 Å². The molecule has 0 aromatic rings. The molecule has 102 valence electrons. The Labute approximate surface area is 106 Å². The Morgan fingerprint density at radius 3 is 2.28 bits per heavy atom. The first-order valence-electron chi connectivity index (χ1n) is 6.20. The van der Waals surface area contributed by atoms with Crippen molar-refractivity contribution < 1.29 is 19.5 Å². The van der Waals surface area contributed by atoms with Gasteiger partial charge in [0.25, 0.3) is 0 Å². The summed E-state index contributed by atoms with van der Waals surface area (Å²) in [7, 11) is 0. The number of carboxylic acids is 1. The topological polar surface area (TPSA) is 86.7 Å². The van der Waals surface area contributed by atoms with Gasteiger partial charge in [-0.05, 0) is 12.8 Å². The Morgan fingerprint density at radius 1 is 1.28 bits per heavy atom. The van der Waals surface area contributed by atoms with Crippen LogP contribution < -0.4 is 5.32 Å². The van der Waals surface area contributed by atoms with Gasteiger partial charge in [0.15, 0.2) is 0 Å². The molecule has 0 aromatic carbocycles. The van der Waals surface area contributed by atoms with E-state index in [-0.39, 0.29) is 17.9 Å². The summed E-state index contributed by atoms with van der Waals surface area (Å²) in [6.07, 6.45) is 0.874. The van der Waals surface area contributed by atoms with Gasteiger partial charge in [-0.2, -0.15) is 0 Å². The molecule has 0 aliphatic carbocycles. The summed E-state index contributed by atoms with van der Waals surface area (Å²) in [5.41, 5.74) is 0. The van der Waals surface area contributed by atoms with Crippen LogP contribution >= 0.6 is 0 Å². The fourth-order valence-electron chi connectivity index (χ4n) is 2.03. The van der Waals surface area contributed by atoms with Crippen LogP contribution in [0.3, 0.4) is 0 Å². The molecule has 0 atom stereocenters. The normalized spacial score (nSPS) is 16.7. The minimum Gasteiger partial charge on any atom is -0.481 e. The Balaban J connectivity index is 2.33. The van der Waals surface area contributed by atoms with Crippen LogP contribution in [0.2, 0.25) is 0 Å². The van der Waals surface area contributed by atoms with Gasteiger partial charge in [-0.1, -0.05) is 13.8 Å². The fourth-order valence-corrected chi connectivity index (χ4v) is 2.03. The fraction of sp³-hybridized carbons (Fsp3) is 0.750. The summed E-state index contributed by atoms with van der Waals surface area (Å²) in [6, 6.07) is -0.0203. The lowest BCUT2D eigenvalue weighted by atomic mass is 10.0. The number of piperidine rings is 1. The number of aliphatic carboxylic acids is 1. The number of likely N-dealkylation sites (tertiary alicyclic amines) is 1. The van der Waals surface area contributed by atoms with Crippen molar-refractivity contribution in [3.8, 4) is 0 Å². The molecule has 18 heavy (non-hydrogen) atoms. The lowest BCUT2D eigenvalue weighted by molar-refractivity contribution is -0.140. The molecule has 2 amide bonds. The van der Waals surface area contributed by atoms with Gasteiger partial charge in [0.1, 0.15) is 6.42 Å². The van der Waals surface area contributed by atoms with Crippen molar-refractivity contribution in [2.24, 2.45) is 5.92 Å². The van der Waals surface area contributed by atoms with Gasteiger partial charge < -0.3 is 15.3 Å². The van der Waals surface area contributed by atoms with Gasteiger partial charge in [0.2, 0.25) is 11.8 Å². The van der Waals surface area contributed by atoms with E-state index in [2.05, 4.69) is 5.32 Å². The third kappa shape index (κ3) is 4.35. The average Bonchev–Trinajstić information content (AvgIpc) is 2.27. The van der Waals surface area contributed by atoms with Crippen LogP contribution in [0.5, 0.6) is 0 Å². The SMILES string of the molecule is CC(C)C(=O)N1CCC(NC(=O)CC(=O)O)CC1. The minimum absolute atomic E-state index is 0.0110. The van der Waals surface area contributed by atoms with Crippen molar-refractivity contribution >= 4 is 17.8 Å². The van der Waals surface area contributed by atoms with E-state index in [1.165, 1.54) is 0 Å². The summed E-state index contributed by atoms with van der Waals surface area (Å²) in [5.74, 6) is -1.47. The van der Waals surface area contributed by atoms with Gasteiger partial charge in [-0.15, -0.1) is 0 Å². The molecular weight excluding hydrogens is 236 g/mol.